The van der Waals surface area contributed by atoms with Gasteiger partial charge in [0.25, 0.3) is 0 Å². The zero-order valence-corrected chi connectivity index (χ0v) is 10.5. The van der Waals surface area contributed by atoms with Crippen molar-refractivity contribution in [3.05, 3.63) is 41.7 Å². The molecule has 0 amide bonds. The van der Waals surface area contributed by atoms with Gasteiger partial charge < -0.3 is 4.74 Å². The molecule has 1 aromatic carbocycles. The Balaban J connectivity index is 2.55. The van der Waals surface area contributed by atoms with Gasteiger partial charge in [-0.25, -0.2) is 9.55 Å². The summed E-state index contributed by atoms with van der Waals surface area (Å²) in [7, 11) is 0. The highest BCUT2D eigenvalue weighted by Gasteiger charge is 2.18. The van der Waals surface area contributed by atoms with Gasteiger partial charge in [-0.2, -0.15) is 10.5 Å². The van der Waals surface area contributed by atoms with Crippen LogP contribution in [0.1, 0.15) is 18.3 Å². The van der Waals surface area contributed by atoms with Crippen molar-refractivity contribution in [1.29, 1.82) is 10.5 Å². The third kappa shape index (κ3) is 2.47. The van der Waals surface area contributed by atoms with Gasteiger partial charge in [0.15, 0.2) is 17.7 Å². The second-order valence-corrected chi connectivity index (χ2v) is 3.78. The Morgan fingerprint density at radius 1 is 1.26 bits per heavy atom. The molecule has 0 saturated carbocycles. The predicted molar refractivity (Wildman–Crippen MR) is 68.7 cm³/mol. The van der Waals surface area contributed by atoms with Gasteiger partial charge in [-0.3, -0.25) is 0 Å². The Bertz CT molecular complexity index is 647. The van der Waals surface area contributed by atoms with Crippen molar-refractivity contribution >= 4 is 0 Å². The van der Waals surface area contributed by atoms with Gasteiger partial charge in [-0.15, -0.1) is 0 Å². The standard InChI is InChI=1S/C14H12N4O/c1-2-19-9-13-12(8-15)17-14(18(13)10-16)11-6-4-3-5-7-11/h3-7H,2,9H2,1H3. The molecule has 0 radical (unpaired) electrons. The first-order valence-corrected chi connectivity index (χ1v) is 5.86. The van der Waals surface area contributed by atoms with Crippen molar-refractivity contribution in [3.8, 4) is 23.7 Å². The van der Waals surface area contributed by atoms with E-state index < -0.39 is 0 Å². The molecule has 0 aliphatic heterocycles. The van der Waals surface area contributed by atoms with Crippen LogP contribution >= 0.6 is 0 Å². The van der Waals surface area contributed by atoms with Crippen molar-refractivity contribution in [2.45, 2.75) is 13.5 Å². The van der Waals surface area contributed by atoms with Crippen molar-refractivity contribution in [1.82, 2.24) is 9.55 Å². The first-order valence-electron chi connectivity index (χ1n) is 5.86. The molecule has 19 heavy (non-hydrogen) atoms. The monoisotopic (exact) mass is 252 g/mol. The fourth-order valence-corrected chi connectivity index (χ4v) is 1.76. The molecule has 0 saturated heterocycles. The number of hydrogen-bond donors (Lipinski definition) is 0. The summed E-state index contributed by atoms with van der Waals surface area (Å²) in [6.07, 6.45) is 2.05. The molecule has 0 unspecified atom stereocenters. The fourth-order valence-electron chi connectivity index (χ4n) is 1.76. The maximum atomic E-state index is 9.28. The molecule has 0 aliphatic carbocycles. The van der Waals surface area contributed by atoms with Crippen molar-refractivity contribution in [2.75, 3.05) is 6.61 Å². The number of imidazole rings is 1. The lowest BCUT2D eigenvalue weighted by molar-refractivity contribution is 0.130. The lowest BCUT2D eigenvalue weighted by atomic mass is 10.2. The van der Waals surface area contributed by atoms with Gasteiger partial charge in [-0.05, 0) is 6.92 Å². The van der Waals surface area contributed by atoms with E-state index in [2.05, 4.69) is 4.98 Å². The molecule has 0 fully saturated rings. The Labute approximate surface area is 111 Å². The molecule has 94 valence electrons. The van der Waals surface area contributed by atoms with Crippen LogP contribution in [0.15, 0.2) is 30.3 Å². The molecule has 1 aromatic heterocycles. The smallest absolute Gasteiger partial charge is 0.190 e. The maximum absolute atomic E-state index is 9.28. The van der Waals surface area contributed by atoms with E-state index in [1.807, 2.05) is 49.5 Å². The zero-order chi connectivity index (χ0) is 13.7. The minimum absolute atomic E-state index is 0.201. The molecule has 0 spiro atoms. The molecule has 5 heteroatoms. The summed E-state index contributed by atoms with van der Waals surface area (Å²) in [5, 5.41) is 18.4. The van der Waals surface area contributed by atoms with E-state index >= 15 is 0 Å². The van der Waals surface area contributed by atoms with Crippen molar-refractivity contribution in [2.24, 2.45) is 0 Å². The molecular weight excluding hydrogens is 240 g/mol. The second kappa shape index (κ2) is 5.81. The number of aromatic nitrogens is 2. The Morgan fingerprint density at radius 2 is 2.00 bits per heavy atom. The molecule has 5 nitrogen and oxygen atoms in total. The first kappa shape index (κ1) is 12.8. The van der Waals surface area contributed by atoms with Crippen LogP contribution < -0.4 is 0 Å². The van der Waals surface area contributed by atoms with Gasteiger partial charge in [0, 0.05) is 12.2 Å². The number of benzene rings is 1. The van der Waals surface area contributed by atoms with Gasteiger partial charge in [0.1, 0.15) is 6.07 Å². The average Bonchev–Trinajstić information content (AvgIpc) is 2.83. The van der Waals surface area contributed by atoms with Crippen LogP contribution in [-0.2, 0) is 11.3 Å². The molecular formula is C14H12N4O. The quantitative estimate of drug-likeness (QED) is 0.836. The van der Waals surface area contributed by atoms with Gasteiger partial charge in [0.05, 0.1) is 12.3 Å². The van der Waals surface area contributed by atoms with Crippen LogP contribution in [0.2, 0.25) is 0 Å². The van der Waals surface area contributed by atoms with Crippen LogP contribution in [0.4, 0.5) is 0 Å². The lowest BCUT2D eigenvalue weighted by Gasteiger charge is -2.03. The van der Waals surface area contributed by atoms with Crippen LogP contribution in [0, 0.1) is 22.8 Å². The largest absolute Gasteiger partial charge is 0.375 e. The van der Waals surface area contributed by atoms with E-state index in [-0.39, 0.29) is 12.3 Å². The van der Waals surface area contributed by atoms with E-state index in [1.165, 1.54) is 4.57 Å². The van der Waals surface area contributed by atoms with Crippen molar-refractivity contribution in [3.63, 3.8) is 0 Å². The van der Waals surface area contributed by atoms with Crippen LogP contribution in [0.5, 0.6) is 0 Å². The van der Waals surface area contributed by atoms with Gasteiger partial charge in [0.2, 0.25) is 0 Å². The number of nitriles is 2. The molecule has 2 rings (SSSR count). The van der Waals surface area contributed by atoms with Crippen LogP contribution in [0.25, 0.3) is 11.4 Å². The van der Waals surface area contributed by atoms with Crippen LogP contribution in [0.3, 0.4) is 0 Å². The highest BCUT2D eigenvalue weighted by molar-refractivity contribution is 5.59. The Morgan fingerprint density at radius 3 is 2.58 bits per heavy atom. The SMILES string of the molecule is CCOCc1c(C#N)nc(-c2ccccc2)n1C#N. The average molecular weight is 252 g/mol. The molecule has 0 bridgehead atoms. The molecule has 0 N–H and O–H groups in total. The third-order valence-electron chi connectivity index (χ3n) is 2.65. The number of nitrogens with zero attached hydrogens (tertiary/aromatic N) is 4. The number of ether oxygens (including phenoxy) is 1. The number of rotatable bonds is 4. The van der Waals surface area contributed by atoms with E-state index in [4.69, 9.17) is 10.00 Å². The van der Waals surface area contributed by atoms with Crippen LogP contribution in [-0.4, -0.2) is 16.2 Å². The second-order valence-electron chi connectivity index (χ2n) is 3.78. The maximum Gasteiger partial charge on any atom is 0.190 e. The summed E-state index contributed by atoms with van der Waals surface area (Å²) in [4.78, 5) is 4.22. The summed E-state index contributed by atoms with van der Waals surface area (Å²) in [6, 6.07) is 11.3. The molecule has 0 atom stereocenters. The highest BCUT2D eigenvalue weighted by atomic mass is 16.5. The highest BCUT2D eigenvalue weighted by Crippen LogP contribution is 2.22. The minimum atomic E-state index is 0.201. The minimum Gasteiger partial charge on any atom is -0.375 e. The first-order chi connectivity index (χ1) is 9.31. The summed E-state index contributed by atoms with van der Waals surface area (Å²) >= 11 is 0. The summed E-state index contributed by atoms with van der Waals surface area (Å²) in [5.74, 6) is 0.467. The normalized spacial score (nSPS) is 9.84. The molecule has 2 aromatic rings. The molecule has 1 heterocycles. The summed E-state index contributed by atoms with van der Waals surface area (Å²) in [6.45, 7) is 2.58. The van der Waals surface area contributed by atoms with E-state index in [0.29, 0.717) is 18.1 Å². The number of hydrogen-bond acceptors (Lipinski definition) is 4. The fraction of sp³-hybridized carbons (Fsp3) is 0.214. The van der Waals surface area contributed by atoms with E-state index in [0.717, 1.165) is 5.56 Å². The topological polar surface area (TPSA) is 74.6 Å². The van der Waals surface area contributed by atoms with E-state index in [1.54, 1.807) is 0 Å². The van der Waals surface area contributed by atoms with E-state index in [9.17, 15) is 5.26 Å². The Hall–Kier alpha value is -2.63. The van der Waals surface area contributed by atoms with Gasteiger partial charge in [-0.1, -0.05) is 30.3 Å². The predicted octanol–water partition coefficient (Wildman–Crippen LogP) is 2.29. The molecule has 0 aliphatic rings. The summed E-state index contributed by atoms with van der Waals surface area (Å²) in [5.41, 5.74) is 1.52. The Kier molecular flexibility index (Phi) is 3.92. The van der Waals surface area contributed by atoms with Crippen molar-refractivity contribution < 1.29 is 4.74 Å². The third-order valence-corrected chi connectivity index (χ3v) is 2.65. The summed E-state index contributed by atoms with van der Waals surface area (Å²) < 4.78 is 6.64. The van der Waals surface area contributed by atoms with Gasteiger partial charge >= 0.3 is 0 Å². The lowest BCUT2D eigenvalue weighted by Crippen LogP contribution is -2.02. The zero-order valence-electron chi connectivity index (χ0n) is 10.5.